The normalized spacial score (nSPS) is 15.3. The van der Waals surface area contributed by atoms with Crippen molar-refractivity contribution >= 4 is 40.5 Å². The summed E-state index contributed by atoms with van der Waals surface area (Å²) in [6.07, 6.45) is 1.74. The second kappa shape index (κ2) is 8.03. The number of nitrogens with zero attached hydrogens (tertiary/aromatic N) is 3. The lowest BCUT2D eigenvalue weighted by atomic mass is 10.1. The first kappa shape index (κ1) is 19.3. The fourth-order valence-corrected chi connectivity index (χ4v) is 3.02. The molecule has 2 aromatic carbocycles. The molecule has 0 radical (unpaired) electrons. The number of benzene rings is 2. The summed E-state index contributed by atoms with van der Waals surface area (Å²) >= 11 is 12.3. The molecule has 0 N–H and O–H groups in total. The molecule has 0 saturated heterocycles. The van der Waals surface area contributed by atoms with Crippen LogP contribution in [0.2, 0.25) is 10.0 Å². The highest BCUT2D eigenvalue weighted by Crippen LogP contribution is 2.31. The Kier molecular flexibility index (Phi) is 5.73. The van der Waals surface area contributed by atoms with E-state index >= 15 is 0 Å². The van der Waals surface area contributed by atoms with Gasteiger partial charge in [0.1, 0.15) is 18.1 Å². The Morgan fingerprint density at radius 1 is 1.15 bits per heavy atom. The molecule has 5 nitrogen and oxygen atoms in total. The van der Waals surface area contributed by atoms with Crippen LogP contribution in [0.3, 0.4) is 0 Å². The molecule has 0 bridgehead atoms. The minimum Gasteiger partial charge on any atom is -0.486 e. The van der Waals surface area contributed by atoms with E-state index in [0.717, 1.165) is 5.56 Å². The third kappa shape index (κ3) is 4.26. The summed E-state index contributed by atoms with van der Waals surface area (Å²) in [5, 5.41) is 6.83. The third-order valence-corrected chi connectivity index (χ3v) is 4.62. The Balaban J connectivity index is 1.89. The van der Waals surface area contributed by atoms with Crippen LogP contribution < -0.4 is 9.75 Å². The average molecular weight is 404 g/mol. The minimum atomic E-state index is -0.202. The van der Waals surface area contributed by atoms with E-state index in [9.17, 15) is 4.79 Å². The van der Waals surface area contributed by atoms with Gasteiger partial charge >= 0.3 is 0 Å². The number of amides is 1. The van der Waals surface area contributed by atoms with Crippen molar-refractivity contribution in [1.82, 2.24) is 4.90 Å². The molecule has 1 aliphatic heterocycles. The van der Waals surface area contributed by atoms with Gasteiger partial charge in [0.25, 0.3) is 5.91 Å². The molecule has 2 aromatic rings. The van der Waals surface area contributed by atoms with Crippen LogP contribution in [0.4, 0.5) is 5.69 Å². The Bertz CT molecular complexity index is 924. The van der Waals surface area contributed by atoms with Gasteiger partial charge in [-0.2, -0.15) is 10.1 Å². The van der Waals surface area contributed by atoms with Crippen molar-refractivity contribution in [1.29, 1.82) is 0 Å². The number of hydrazone groups is 1. The first-order valence-electron chi connectivity index (χ1n) is 8.31. The van der Waals surface area contributed by atoms with Gasteiger partial charge in [-0.3, -0.25) is 4.79 Å². The quantitative estimate of drug-likeness (QED) is 0.688. The summed E-state index contributed by atoms with van der Waals surface area (Å²) in [4.78, 5) is 14.6. The van der Waals surface area contributed by atoms with Gasteiger partial charge < -0.3 is 9.64 Å². The summed E-state index contributed by atoms with van der Waals surface area (Å²) in [7, 11) is 3.70. The molecule has 1 aliphatic rings. The zero-order valence-electron chi connectivity index (χ0n) is 15.2. The van der Waals surface area contributed by atoms with Crippen molar-refractivity contribution in [3.63, 3.8) is 0 Å². The van der Waals surface area contributed by atoms with Gasteiger partial charge in [0, 0.05) is 25.3 Å². The minimum absolute atomic E-state index is 0.107. The zero-order chi connectivity index (χ0) is 19.6. The number of carbonyl (C=O) groups excluding carboxylic acids is 1. The van der Waals surface area contributed by atoms with Crippen LogP contribution in [0, 0.1) is 6.92 Å². The molecule has 140 valence electrons. The number of aryl methyl sites for hydroxylation is 1. The first-order chi connectivity index (χ1) is 12.9. The van der Waals surface area contributed by atoms with Crippen LogP contribution in [-0.2, 0) is 4.79 Å². The number of anilines is 1. The summed E-state index contributed by atoms with van der Waals surface area (Å²) < 4.78 is 5.84. The van der Waals surface area contributed by atoms with E-state index in [-0.39, 0.29) is 12.5 Å². The van der Waals surface area contributed by atoms with Crippen LogP contribution in [-0.4, -0.2) is 37.2 Å². The first-order valence-corrected chi connectivity index (χ1v) is 9.06. The molecular weight excluding hydrogens is 385 g/mol. The number of ether oxygens (including phenoxy) is 1. The molecule has 1 heterocycles. The van der Waals surface area contributed by atoms with E-state index in [2.05, 4.69) is 5.10 Å². The van der Waals surface area contributed by atoms with Crippen molar-refractivity contribution in [2.24, 2.45) is 5.10 Å². The number of hydrogen-bond donors (Lipinski definition) is 0. The van der Waals surface area contributed by atoms with Gasteiger partial charge in [-0.05, 0) is 36.8 Å². The van der Waals surface area contributed by atoms with E-state index < -0.39 is 0 Å². The molecule has 0 fully saturated rings. The number of rotatable bonds is 5. The van der Waals surface area contributed by atoms with E-state index in [0.29, 0.717) is 32.8 Å². The summed E-state index contributed by atoms with van der Waals surface area (Å²) in [6.45, 7) is 1.98. The lowest BCUT2D eigenvalue weighted by molar-refractivity contribution is -0.114. The molecule has 3 rings (SSSR count). The van der Waals surface area contributed by atoms with Crippen molar-refractivity contribution in [3.05, 3.63) is 69.8 Å². The maximum Gasteiger partial charge on any atom is 0.282 e. The SMILES string of the molecule is Cc1cc(OCC2=NN(c3ccccc3)C(=O)C2=CN(C)C)c(Cl)cc1Cl. The lowest BCUT2D eigenvalue weighted by Crippen LogP contribution is -2.23. The molecule has 0 saturated carbocycles. The predicted octanol–water partition coefficient (Wildman–Crippen LogP) is 4.53. The third-order valence-electron chi connectivity index (χ3n) is 3.92. The van der Waals surface area contributed by atoms with Gasteiger partial charge in [0.15, 0.2) is 0 Å². The van der Waals surface area contributed by atoms with Crippen LogP contribution in [0.1, 0.15) is 5.56 Å². The molecule has 0 aromatic heterocycles. The number of carbonyl (C=O) groups is 1. The van der Waals surface area contributed by atoms with Crippen LogP contribution in [0.5, 0.6) is 5.75 Å². The Labute approximate surface area is 168 Å². The standard InChI is InChI=1S/C20H19Cl2N3O2/c1-13-9-19(17(22)10-16(13)21)27-12-18-15(11-24(2)3)20(26)25(23-18)14-7-5-4-6-8-14/h4-11H,12H2,1-3H3. The molecule has 1 amide bonds. The van der Waals surface area contributed by atoms with Gasteiger partial charge in [0.2, 0.25) is 0 Å². The molecule has 0 atom stereocenters. The second-order valence-electron chi connectivity index (χ2n) is 6.33. The van der Waals surface area contributed by atoms with E-state index in [1.165, 1.54) is 5.01 Å². The van der Waals surface area contributed by atoms with Crippen molar-refractivity contribution in [3.8, 4) is 5.75 Å². The molecule has 0 aliphatic carbocycles. The zero-order valence-corrected chi connectivity index (χ0v) is 16.8. The highest BCUT2D eigenvalue weighted by Gasteiger charge is 2.31. The fraction of sp³-hybridized carbons (Fsp3) is 0.200. The monoisotopic (exact) mass is 403 g/mol. The largest absolute Gasteiger partial charge is 0.486 e. The van der Waals surface area contributed by atoms with Crippen molar-refractivity contribution in [2.75, 3.05) is 25.7 Å². The predicted molar refractivity (Wildman–Crippen MR) is 110 cm³/mol. The Morgan fingerprint density at radius 3 is 2.52 bits per heavy atom. The Hall–Kier alpha value is -2.50. The van der Waals surface area contributed by atoms with Gasteiger partial charge in [-0.15, -0.1) is 0 Å². The van der Waals surface area contributed by atoms with Crippen molar-refractivity contribution < 1.29 is 9.53 Å². The lowest BCUT2D eigenvalue weighted by Gasteiger charge is -2.12. The second-order valence-corrected chi connectivity index (χ2v) is 7.14. The summed E-state index contributed by atoms with van der Waals surface area (Å²) in [5.74, 6) is 0.294. The fourth-order valence-electron chi connectivity index (χ4n) is 2.58. The highest BCUT2D eigenvalue weighted by molar-refractivity contribution is 6.36. The topological polar surface area (TPSA) is 45.1 Å². The Morgan fingerprint density at radius 2 is 1.85 bits per heavy atom. The molecule has 0 spiro atoms. The maximum atomic E-state index is 12.8. The van der Waals surface area contributed by atoms with Gasteiger partial charge in [0.05, 0.1) is 16.3 Å². The highest BCUT2D eigenvalue weighted by atomic mass is 35.5. The average Bonchev–Trinajstić information content (AvgIpc) is 2.93. The molecule has 7 heteroatoms. The molecule has 27 heavy (non-hydrogen) atoms. The van der Waals surface area contributed by atoms with E-state index in [1.54, 1.807) is 23.2 Å². The molecular formula is C20H19Cl2N3O2. The maximum absolute atomic E-state index is 12.8. The van der Waals surface area contributed by atoms with Crippen LogP contribution in [0.15, 0.2) is 59.3 Å². The number of hydrogen-bond acceptors (Lipinski definition) is 4. The van der Waals surface area contributed by atoms with Crippen LogP contribution >= 0.6 is 23.2 Å². The van der Waals surface area contributed by atoms with Gasteiger partial charge in [-0.25, -0.2) is 0 Å². The van der Waals surface area contributed by atoms with E-state index in [4.69, 9.17) is 27.9 Å². The number of halogens is 2. The van der Waals surface area contributed by atoms with Crippen molar-refractivity contribution in [2.45, 2.75) is 6.92 Å². The molecule has 0 unspecified atom stereocenters. The van der Waals surface area contributed by atoms with E-state index in [1.807, 2.05) is 51.4 Å². The van der Waals surface area contributed by atoms with Crippen LogP contribution in [0.25, 0.3) is 0 Å². The number of para-hydroxylation sites is 1. The summed E-state index contributed by atoms with van der Waals surface area (Å²) in [5.41, 5.74) is 2.56. The summed E-state index contributed by atoms with van der Waals surface area (Å²) in [6, 6.07) is 12.7. The van der Waals surface area contributed by atoms with Gasteiger partial charge in [-0.1, -0.05) is 41.4 Å². The smallest absolute Gasteiger partial charge is 0.282 e.